The van der Waals surface area contributed by atoms with Crippen molar-refractivity contribution in [3.63, 3.8) is 0 Å². The first-order valence-corrected chi connectivity index (χ1v) is 8.96. The number of pyridine rings is 1. The van der Waals surface area contributed by atoms with Crippen LogP contribution in [0.4, 0.5) is 0 Å². The van der Waals surface area contributed by atoms with Gasteiger partial charge in [-0.25, -0.2) is 0 Å². The summed E-state index contributed by atoms with van der Waals surface area (Å²) in [6.07, 6.45) is 0.0683. The van der Waals surface area contributed by atoms with Crippen molar-refractivity contribution >= 4 is 22.5 Å². The third-order valence-corrected chi connectivity index (χ3v) is 4.31. The molecule has 0 bridgehead atoms. The van der Waals surface area contributed by atoms with E-state index in [4.69, 9.17) is 20.9 Å². The summed E-state index contributed by atoms with van der Waals surface area (Å²) >= 11 is 5.99. The number of ether oxygens (including phenoxy) is 1. The van der Waals surface area contributed by atoms with Crippen LogP contribution in [0.15, 0.2) is 51.8 Å². The maximum absolute atomic E-state index is 12.4. The number of benzene rings is 2. The van der Waals surface area contributed by atoms with E-state index in [1.54, 1.807) is 42.5 Å². The Morgan fingerprint density at radius 2 is 1.93 bits per heavy atom. The molecule has 2 heterocycles. The number of fused-ring (bicyclic) bond motifs is 1. The molecule has 4 rings (SSSR count). The molecule has 0 aliphatic carbocycles. The molecule has 0 saturated heterocycles. The number of nitrogens with zero attached hydrogens (tertiary/aromatic N) is 2. The average Bonchev–Trinajstić information content (AvgIpc) is 3.12. The molecule has 142 valence electrons. The van der Waals surface area contributed by atoms with Gasteiger partial charge in [0.15, 0.2) is 0 Å². The molecule has 0 amide bonds. The quantitative estimate of drug-likeness (QED) is 0.529. The first-order valence-electron chi connectivity index (χ1n) is 8.58. The van der Waals surface area contributed by atoms with Crippen molar-refractivity contribution in [3.8, 4) is 34.3 Å². The predicted molar refractivity (Wildman–Crippen MR) is 106 cm³/mol. The number of nitrogens with one attached hydrogen (secondary N) is 1. The summed E-state index contributed by atoms with van der Waals surface area (Å²) in [5, 5.41) is 15.3. The SMILES string of the molecule is CC(C)Oc1ccc(-c2noc(-c3c(O)c4cc(Cl)ccc4[nH]c3=O)n2)cc1. The van der Waals surface area contributed by atoms with E-state index < -0.39 is 5.56 Å². The van der Waals surface area contributed by atoms with Gasteiger partial charge in [0, 0.05) is 16.0 Å². The maximum atomic E-state index is 12.4. The van der Waals surface area contributed by atoms with Crippen molar-refractivity contribution in [2.24, 2.45) is 0 Å². The molecule has 2 aromatic carbocycles. The lowest BCUT2D eigenvalue weighted by Crippen LogP contribution is -2.09. The molecule has 7 nitrogen and oxygen atoms in total. The number of aromatic nitrogens is 3. The Kier molecular flexibility index (Phi) is 4.52. The van der Waals surface area contributed by atoms with E-state index in [1.807, 2.05) is 13.8 Å². The highest BCUT2D eigenvalue weighted by molar-refractivity contribution is 6.31. The van der Waals surface area contributed by atoms with Gasteiger partial charge in [0.25, 0.3) is 11.4 Å². The summed E-state index contributed by atoms with van der Waals surface area (Å²) in [7, 11) is 0. The highest BCUT2D eigenvalue weighted by atomic mass is 35.5. The molecule has 0 aliphatic heterocycles. The van der Waals surface area contributed by atoms with Gasteiger partial charge < -0.3 is 19.4 Å². The Hall–Kier alpha value is -3.32. The van der Waals surface area contributed by atoms with Crippen LogP contribution >= 0.6 is 11.6 Å². The second-order valence-corrected chi connectivity index (χ2v) is 6.92. The molecule has 4 aromatic rings. The van der Waals surface area contributed by atoms with E-state index in [0.717, 1.165) is 5.75 Å². The van der Waals surface area contributed by atoms with Gasteiger partial charge in [-0.05, 0) is 56.3 Å². The molecule has 0 radical (unpaired) electrons. The van der Waals surface area contributed by atoms with Crippen LogP contribution < -0.4 is 10.3 Å². The zero-order valence-electron chi connectivity index (χ0n) is 15.1. The normalized spacial score (nSPS) is 11.3. The fraction of sp³-hybridized carbons (Fsp3) is 0.150. The molecule has 0 unspecified atom stereocenters. The Labute approximate surface area is 164 Å². The summed E-state index contributed by atoms with van der Waals surface area (Å²) in [4.78, 5) is 19.4. The standard InChI is InChI=1S/C20H16ClN3O4/c1-10(2)27-13-6-3-11(4-7-13)18-23-20(28-24-18)16-17(25)14-9-12(21)5-8-15(14)22-19(16)26/h3-10H,1-2H3,(H2,22,25,26). The highest BCUT2D eigenvalue weighted by Crippen LogP contribution is 2.33. The second-order valence-electron chi connectivity index (χ2n) is 6.48. The molecule has 0 atom stereocenters. The summed E-state index contributed by atoms with van der Waals surface area (Å²) < 4.78 is 10.8. The minimum atomic E-state index is -0.539. The minimum absolute atomic E-state index is 0.0683. The molecular formula is C20H16ClN3O4. The van der Waals surface area contributed by atoms with E-state index in [0.29, 0.717) is 21.5 Å². The molecular weight excluding hydrogens is 382 g/mol. The molecule has 8 heteroatoms. The van der Waals surface area contributed by atoms with Crippen LogP contribution in [0.1, 0.15) is 13.8 Å². The summed E-state index contributed by atoms with van der Waals surface area (Å²) in [5.74, 6) is 0.661. The third kappa shape index (κ3) is 3.32. The molecule has 2 N–H and O–H groups in total. The lowest BCUT2D eigenvalue weighted by Gasteiger charge is -2.09. The Bertz CT molecular complexity index is 1210. The zero-order valence-corrected chi connectivity index (χ0v) is 15.8. The maximum Gasteiger partial charge on any atom is 0.267 e. The summed E-state index contributed by atoms with van der Waals surface area (Å²) in [6.45, 7) is 3.89. The van der Waals surface area contributed by atoms with Crippen molar-refractivity contribution in [1.82, 2.24) is 15.1 Å². The zero-order chi connectivity index (χ0) is 19.8. The number of rotatable bonds is 4. The topological polar surface area (TPSA) is 101 Å². The number of aromatic amines is 1. The third-order valence-electron chi connectivity index (χ3n) is 4.07. The van der Waals surface area contributed by atoms with Crippen LogP contribution in [0.3, 0.4) is 0 Å². The number of aromatic hydroxyl groups is 1. The Morgan fingerprint density at radius 1 is 1.18 bits per heavy atom. The molecule has 2 aromatic heterocycles. The fourth-order valence-electron chi connectivity index (χ4n) is 2.84. The number of hydrogen-bond acceptors (Lipinski definition) is 6. The lowest BCUT2D eigenvalue weighted by molar-refractivity contribution is 0.242. The fourth-order valence-corrected chi connectivity index (χ4v) is 3.02. The second kappa shape index (κ2) is 7.01. The van der Waals surface area contributed by atoms with Gasteiger partial charge in [0.2, 0.25) is 5.82 Å². The van der Waals surface area contributed by atoms with Crippen molar-refractivity contribution in [3.05, 3.63) is 57.8 Å². The van der Waals surface area contributed by atoms with Gasteiger partial charge in [-0.2, -0.15) is 4.98 Å². The monoisotopic (exact) mass is 397 g/mol. The molecule has 0 saturated carbocycles. The van der Waals surface area contributed by atoms with Crippen molar-refractivity contribution in [1.29, 1.82) is 0 Å². The van der Waals surface area contributed by atoms with E-state index in [2.05, 4.69) is 15.1 Å². The van der Waals surface area contributed by atoms with Crippen molar-refractivity contribution in [2.75, 3.05) is 0 Å². The highest BCUT2D eigenvalue weighted by Gasteiger charge is 2.20. The van der Waals surface area contributed by atoms with E-state index >= 15 is 0 Å². The van der Waals surface area contributed by atoms with Crippen LogP contribution in [0.5, 0.6) is 11.5 Å². The molecule has 0 fully saturated rings. The molecule has 28 heavy (non-hydrogen) atoms. The van der Waals surface area contributed by atoms with Gasteiger partial charge in [0.1, 0.15) is 17.1 Å². The minimum Gasteiger partial charge on any atom is -0.506 e. The molecule has 0 aliphatic rings. The van der Waals surface area contributed by atoms with E-state index in [9.17, 15) is 9.90 Å². The van der Waals surface area contributed by atoms with Gasteiger partial charge in [-0.15, -0.1) is 0 Å². The first kappa shape index (κ1) is 18.1. The van der Waals surface area contributed by atoms with Gasteiger partial charge in [-0.1, -0.05) is 16.8 Å². The van der Waals surface area contributed by atoms with Gasteiger partial charge in [0.05, 0.1) is 11.6 Å². The number of halogens is 1. The largest absolute Gasteiger partial charge is 0.506 e. The van der Waals surface area contributed by atoms with Crippen molar-refractivity contribution < 1.29 is 14.4 Å². The van der Waals surface area contributed by atoms with Crippen LogP contribution in [0.25, 0.3) is 33.7 Å². The van der Waals surface area contributed by atoms with Gasteiger partial charge >= 0.3 is 0 Å². The first-order chi connectivity index (χ1) is 13.4. The van der Waals surface area contributed by atoms with E-state index in [1.165, 1.54) is 0 Å². The molecule has 0 spiro atoms. The number of hydrogen-bond donors (Lipinski definition) is 2. The van der Waals surface area contributed by atoms with E-state index in [-0.39, 0.29) is 29.1 Å². The summed E-state index contributed by atoms with van der Waals surface area (Å²) in [6, 6.07) is 12.0. The van der Waals surface area contributed by atoms with Gasteiger partial charge in [-0.3, -0.25) is 4.79 Å². The average molecular weight is 398 g/mol. The van der Waals surface area contributed by atoms with Crippen LogP contribution in [0.2, 0.25) is 5.02 Å². The predicted octanol–water partition coefficient (Wildman–Crippen LogP) is 4.39. The van der Waals surface area contributed by atoms with Crippen LogP contribution in [-0.4, -0.2) is 26.3 Å². The Morgan fingerprint density at radius 3 is 2.64 bits per heavy atom. The summed E-state index contributed by atoms with van der Waals surface area (Å²) in [5.41, 5.74) is 0.499. The Balaban J connectivity index is 1.74. The van der Waals surface area contributed by atoms with Crippen molar-refractivity contribution in [2.45, 2.75) is 20.0 Å². The van der Waals surface area contributed by atoms with Crippen LogP contribution in [0, 0.1) is 0 Å². The smallest absolute Gasteiger partial charge is 0.267 e. The lowest BCUT2D eigenvalue weighted by atomic mass is 10.1. The number of H-pyrrole nitrogens is 1. The van der Waals surface area contributed by atoms with Crippen LogP contribution in [-0.2, 0) is 0 Å².